The molecule has 0 saturated carbocycles. The lowest BCUT2D eigenvalue weighted by Crippen LogP contribution is -2.57. The second kappa shape index (κ2) is 5.18. The average molecular weight is 249 g/mol. The van der Waals surface area contributed by atoms with Crippen LogP contribution in [0.15, 0.2) is 11.6 Å². The summed E-state index contributed by atoms with van der Waals surface area (Å²) in [5.74, 6) is -1.11. The summed E-state index contributed by atoms with van der Waals surface area (Å²) >= 11 is 5.46. The van der Waals surface area contributed by atoms with Gasteiger partial charge in [0.15, 0.2) is 5.54 Å². The molecule has 90 valence electrons. The molecule has 3 N–H and O–H groups in total. The highest BCUT2D eigenvalue weighted by atomic mass is 35.5. The molecule has 1 saturated heterocycles. The Morgan fingerprint density at radius 1 is 1.56 bits per heavy atom. The van der Waals surface area contributed by atoms with Crippen LogP contribution in [0, 0.1) is 0 Å². The third kappa shape index (κ3) is 3.11. The lowest BCUT2D eigenvalue weighted by atomic mass is 9.99. The van der Waals surface area contributed by atoms with E-state index < -0.39 is 17.5 Å². The van der Waals surface area contributed by atoms with E-state index in [9.17, 15) is 9.59 Å². The molecule has 1 unspecified atom stereocenters. The number of carboxylic acids is 1. The van der Waals surface area contributed by atoms with Crippen LogP contribution in [0.2, 0.25) is 0 Å². The fourth-order valence-electron chi connectivity index (χ4n) is 1.32. The highest BCUT2D eigenvalue weighted by molar-refractivity contribution is 6.29. The van der Waals surface area contributed by atoms with Crippen molar-refractivity contribution in [1.29, 1.82) is 0 Å². The lowest BCUT2D eigenvalue weighted by Gasteiger charge is -2.23. The number of amides is 2. The molecule has 1 aliphatic heterocycles. The normalized spacial score (nSPS) is 23.8. The molecule has 2 amide bonds. The molecular formula is C9H13ClN2O4. The van der Waals surface area contributed by atoms with Crippen molar-refractivity contribution in [2.45, 2.75) is 12.0 Å². The Balaban J connectivity index is 2.52. The molecule has 1 rings (SSSR count). The standard InChI is InChI=1S/C9H13ClN2O4/c1-6(10)4-11-8(15)12-9(7(13)14)2-3-16-5-9/h1-5H2,(H,13,14)(H2,11,12,15). The number of carbonyl (C=O) groups excluding carboxylic acids is 1. The number of carboxylic acid groups (broad SMARTS) is 1. The van der Waals surface area contributed by atoms with Crippen LogP contribution in [0.4, 0.5) is 4.79 Å². The fraction of sp³-hybridized carbons (Fsp3) is 0.556. The molecule has 6 nitrogen and oxygen atoms in total. The van der Waals surface area contributed by atoms with E-state index in [1.807, 2.05) is 0 Å². The largest absolute Gasteiger partial charge is 0.479 e. The number of rotatable bonds is 4. The van der Waals surface area contributed by atoms with E-state index in [4.69, 9.17) is 21.4 Å². The van der Waals surface area contributed by atoms with Gasteiger partial charge in [0.1, 0.15) is 0 Å². The SMILES string of the molecule is C=C(Cl)CNC(=O)NC1(C(=O)O)CCOC1. The highest BCUT2D eigenvalue weighted by Crippen LogP contribution is 2.18. The molecule has 0 aromatic heterocycles. The van der Waals surface area contributed by atoms with Crippen LogP contribution in [0.3, 0.4) is 0 Å². The molecule has 7 heteroatoms. The first-order chi connectivity index (χ1) is 7.46. The van der Waals surface area contributed by atoms with Crippen LogP contribution in [0.1, 0.15) is 6.42 Å². The Morgan fingerprint density at radius 2 is 2.25 bits per heavy atom. The first-order valence-corrected chi connectivity index (χ1v) is 5.04. The van der Waals surface area contributed by atoms with E-state index in [2.05, 4.69) is 17.2 Å². The predicted octanol–water partition coefficient (Wildman–Crippen LogP) is 0.282. The molecule has 0 aromatic carbocycles. The van der Waals surface area contributed by atoms with Crippen LogP contribution < -0.4 is 10.6 Å². The first kappa shape index (κ1) is 12.8. The summed E-state index contributed by atoms with van der Waals surface area (Å²) in [6.45, 7) is 3.76. The van der Waals surface area contributed by atoms with Gasteiger partial charge >= 0.3 is 12.0 Å². The number of hydrogen-bond donors (Lipinski definition) is 3. The quantitative estimate of drug-likeness (QED) is 0.667. The summed E-state index contributed by atoms with van der Waals surface area (Å²) in [6, 6.07) is -0.602. The summed E-state index contributed by atoms with van der Waals surface area (Å²) < 4.78 is 4.98. The van der Waals surface area contributed by atoms with E-state index in [1.54, 1.807) is 0 Å². The van der Waals surface area contributed by atoms with Crippen molar-refractivity contribution in [3.63, 3.8) is 0 Å². The van der Waals surface area contributed by atoms with Crippen molar-refractivity contribution >= 4 is 23.6 Å². The van der Waals surface area contributed by atoms with Crippen molar-refractivity contribution in [2.24, 2.45) is 0 Å². The molecule has 1 atom stereocenters. The van der Waals surface area contributed by atoms with Crippen LogP contribution in [-0.2, 0) is 9.53 Å². The molecule has 16 heavy (non-hydrogen) atoms. The van der Waals surface area contributed by atoms with E-state index in [0.717, 1.165) is 0 Å². The van der Waals surface area contributed by atoms with Gasteiger partial charge in [-0.15, -0.1) is 0 Å². The van der Waals surface area contributed by atoms with Gasteiger partial charge in [0.05, 0.1) is 13.2 Å². The maximum Gasteiger partial charge on any atom is 0.332 e. The Labute approximate surface area is 97.6 Å². The van der Waals surface area contributed by atoms with Gasteiger partial charge in [-0.3, -0.25) is 0 Å². The smallest absolute Gasteiger partial charge is 0.332 e. The van der Waals surface area contributed by atoms with Gasteiger partial charge in [-0.25, -0.2) is 9.59 Å². The lowest BCUT2D eigenvalue weighted by molar-refractivity contribution is -0.144. The topological polar surface area (TPSA) is 87.7 Å². The number of carbonyl (C=O) groups is 2. The zero-order valence-electron chi connectivity index (χ0n) is 8.59. The van der Waals surface area contributed by atoms with Crippen molar-refractivity contribution < 1.29 is 19.4 Å². The fourth-order valence-corrected chi connectivity index (χ4v) is 1.39. The Morgan fingerprint density at radius 3 is 2.69 bits per heavy atom. The van der Waals surface area contributed by atoms with E-state index >= 15 is 0 Å². The van der Waals surface area contributed by atoms with Gasteiger partial charge in [-0.1, -0.05) is 18.2 Å². The van der Waals surface area contributed by atoms with Gasteiger partial charge in [0.2, 0.25) is 0 Å². The van der Waals surface area contributed by atoms with Crippen molar-refractivity contribution in [2.75, 3.05) is 19.8 Å². The number of hydrogen-bond acceptors (Lipinski definition) is 3. The number of nitrogens with one attached hydrogen (secondary N) is 2. The van der Waals surface area contributed by atoms with Gasteiger partial charge in [0.25, 0.3) is 0 Å². The summed E-state index contributed by atoms with van der Waals surface area (Å²) in [7, 11) is 0. The molecule has 0 bridgehead atoms. The minimum atomic E-state index is -1.34. The first-order valence-electron chi connectivity index (χ1n) is 4.67. The predicted molar refractivity (Wildman–Crippen MR) is 57.3 cm³/mol. The van der Waals surface area contributed by atoms with Gasteiger partial charge < -0.3 is 20.5 Å². The number of aliphatic carboxylic acids is 1. The van der Waals surface area contributed by atoms with Crippen LogP contribution in [0.25, 0.3) is 0 Å². The van der Waals surface area contributed by atoms with E-state index in [0.29, 0.717) is 6.61 Å². The molecular weight excluding hydrogens is 236 g/mol. The molecule has 1 aliphatic rings. The summed E-state index contributed by atoms with van der Waals surface area (Å²) in [5.41, 5.74) is -1.34. The number of halogens is 1. The second-order valence-electron chi connectivity index (χ2n) is 3.51. The zero-order valence-corrected chi connectivity index (χ0v) is 9.34. The molecule has 0 radical (unpaired) electrons. The number of ether oxygens (including phenoxy) is 1. The van der Waals surface area contributed by atoms with Crippen LogP contribution in [0.5, 0.6) is 0 Å². The molecule has 1 fully saturated rings. The van der Waals surface area contributed by atoms with E-state index in [-0.39, 0.29) is 24.6 Å². The van der Waals surface area contributed by atoms with Crippen molar-refractivity contribution in [3.05, 3.63) is 11.6 Å². The zero-order chi connectivity index (χ0) is 12.2. The van der Waals surface area contributed by atoms with Crippen molar-refractivity contribution in [1.82, 2.24) is 10.6 Å². The summed E-state index contributed by atoms with van der Waals surface area (Å²) in [5, 5.41) is 14.1. The maximum absolute atomic E-state index is 11.4. The highest BCUT2D eigenvalue weighted by Gasteiger charge is 2.43. The number of urea groups is 1. The third-order valence-electron chi connectivity index (χ3n) is 2.22. The Hall–Kier alpha value is -1.27. The van der Waals surface area contributed by atoms with Crippen LogP contribution >= 0.6 is 11.6 Å². The molecule has 0 aliphatic carbocycles. The molecule has 0 spiro atoms. The average Bonchev–Trinajstić information content (AvgIpc) is 2.64. The van der Waals surface area contributed by atoms with E-state index in [1.165, 1.54) is 0 Å². The maximum atomic E-state index is 11.4. The Bertz CT molecular complexity index is 313. The second-order valence-corrected chi connectivity index (χ2v) is 4.05. The molecule has 1 heterocycles. The van der Waals surface area contributed by atoms with Crippen LogP contribution in [-0.4, -0.2) is 42.4 Å². The third-order valence-corrected chi connectivity index (χ3v) is 2.36. The van der Waals surface area contributed by atoms with Crippen molar-refractivity contribution in [3.8, 4) is 0 Å². The van der Waals surface area contributed by atoms with Gasteiger partial charge in [-0.2, -0.15) is 0 Å². The monoisotopic (exact) mass is 248 g/mol. The van der Waals surface area contributed by atoms with Gasteiger partial charge in [0, 0.05) is 18.1 Å². The Kier molecular flexibility index (Phi) is 4.14. The summed E-state index contributed by atoms with van der Waals surface area (Å²) in [6.07, 6.45) is 0.248. The minimum absolute atomic E-state index is 0.0302. The minimum Gasteiger partial charge on any atom is -0.479 e. The molecule has 0 aromatic rings. The van der Waals surface area contributed by atoms with Gasteiger partial charge in [-0.05, 0) is 0 Å². The summed E-state index contributed by atoms with van der Waals surface area (Å²) in [4.78, 5) is 22.4.